The van der Waals surface area contributed by atoms with Crippen LogP contribution in [0, 0.1) is 19.3 Å². The zero-order valence-electron chi connectivity index (χ0n) is 18.4. The van der Waals surface area contributed by atoms with E-state index in [1.54, 1.807) is 6.08 Å². The number of thioether (sulfide) groups is 1. The SMILES string of the molecule is CCCCC1=NN2C(=N)C(=Cc3cc(C)n(-c4ccccc4CC)c3C)C(=O)N=C2S1. The number of fused-ring (bicyclic) bond motifs is 1. The molecule has 0 saturated carbocycles. The molecule has 1 N–H and O–H groups in total. The van der Waals surface area contributed by atoms with Crippen molar-refractivity contribution in [1.29, 1.82) is 5.41 Å². The number of para-hydroxylation sites is 1. The number of nitrogens with zero attached hydrogens (tertiary/aromatic N) is 4. The first-order valence-electron chi connectivity index (χ1n) is 10.7. The zero-order chi connectivity index (χ0) is 22.1. The number of aryl methyl sites for hydroxylation is 2. The Bertz CT molecular complexity index is 1150. The molecule has 3 heterocycles. The molecule has 7 heteroatoms. The molecule has 31 heavy (non-hydrogen) atoms. The number of unbranched alkanes of at least 4 members (excludes halogenated alkanes) is 1. The Morgan fingerprint density at radius 3 is 2.71 bits per heavy atom. The molecule has 0 bridgehead atoms. The number of rotatable bonds is 6. The van der Waals surface area contributed by atoms with Gasteiger partial charge in [0.15, 0.2) is 5.84 Å². The standard InChI is InChI=1S/C24H27N5OS/c1-5-7-12-21-27-29-22(25)19(23(30)26-24(29)31-21)14-18-13-15(3)28(16(18)4)20-11-9-8-10-17(20)6-2/h8-11,13-14,25H,5-7,12H2,1-4H3. The number of amides is 1. The topological polar surface area (TPSA) is 73.8 Å². The maximum absolute atomic E-state index is 12.8. The molecule has 2 aliphatic heterocycles. The first-order valence-corrected chi connectivity index (χ1v) is 11.5. The molecule has 0 fully saturated rings. The van der Waals surface area contributed by atoms with Crippen LogP contribution in [0.15, 0.2) is 46.0 Å². The normalized spacial score (nSPS) is 17.3. The van der Waals surface area contributed by atoms with E-state index in [1.807, 2.05) is 13.0 Å². The summed E-state index contributed by atoms with van der Waals surface area (Å²) in [5, 5.41) is 16.0. The van der Waals surface area contributed by atoms with Crippen LogP contribution >= 0.6 is 11.8 Å². The Morgan fingerprint density at radius 1 is 1.19 bits per heavy atom. The van der Waals surface area contributed by atoms with Crippen LogP contribution in [0.2, 0.25) is 0 Å². The van der Waals surface area contributed by atoms with Gasteiger partial charge in [0, 0.05) is 17.1 Å². The van der Waals surface area contributed by atoms with Crippen molar-refractivity contribution in [2.45, 2.75) is 53.4 Å². The minimum atomic E-state index is -0.380. The van der Waals surface area contributed by atoms with Gasteiger partial charge in [-0.3, -0.25) is 10.2 Å². The monoisotopic (exact) mass is 433 g/mol. The molecule has 2 aromatic rings. The average Bonchev–Trinajstić information content (AvgIpc) is 3.29. The van der Waals surface area contributed by atoms with E-state index in [1.165, 1.54) is 22.3 Å². The minimum absolute atomic E-state index is 0.0905. The number of aliphatic imine (C=N–C) groups is 1. The molecule has 0 radical (unpaired) electrons. The van der Waals surface area contributed by atoms with Crippen LogP contribution in [0.1, 0.15) is 55.6 Å². The number of carbonyl (C=O) groups excluding carboxylic acids is 1. The first kappa shape index (κ1) is 21.3. The molecular weight excluding hydrogens is 406 g/mol. The number of nitrogens with one attached hydrogen (secondary N) is 1. The van der Waals surface area contributed by atoms with E-state index in [-0.39, 0.29) is 17.3 Å². The highest BCUT2D eigenvalue weighted by atomic mass is 32.2. The molecule has 1 aromatic heterocycles. The van der Waals surface area contributed by atoms with Crippen LogP contribution in [0.5, 0.6) is 0 Å². The summed E-state index contributed by atoms with van der Waals surface area (Å²) in [6.45, 7) is 8.39. The number of amidine groups is 2. The largest absolute Gasteiger partial charge is 0.318 e. The van der Waals surface area contributed by atoms with E-state index in [4.69, 9.17) is 5.41 Å². The number of hydrogen-bond acceptors (Lipinski definition) is 4. The van der Waals surface area contributed by atoms with E-state index >= 15 is 0 Å². The minimum Gasteiger partial charge on any atom is -0.318 e. The van der Waals surface area contributed by atoms with Crippen LogP contribution < -0.4 is 0 Å². The van der Waals surface area contributed by atoms with Gasteiger partial charge in [0.2, 0.25) is 5.17 Å². The predicted molar refractivity (Wildman–Crippen MR) is 129 cm³/mol. The van der Waals surface area contributed by atoms with Gasteiger partial charge < -0.3 is 4.57 Å². The first-order chi connectivity index (χ1) is 14.9. The van der Waals surface area contributed by atoms with Gasteiger partial charge in [0.25, 0.3) is 5.91 Å². The van der Waals surface area contributed by atoms with E-state index < -0.39 is 0 Å². The maximum Gasteiger partial charge on any atom is 0.283 e. The predicted octanol–water partition coefficient (Wildman–Crippen LogP) is 5.47. The maximum atomic E-state index is 12.8. The molecule has 0 atom stereocenters. The second-order valence-electron chi connectivity index (χ2n) is 7.76. The third-order valence-corrected chi connectivity index (χ3v) is 6.59. The van der Waals surface area contributed by atoms with E-state index in [9.17, 15) is 4.79 Å². The summed E-state index contributed by atoms with van der Waals surface area (Å²) in [6.07, 6.45) is 5.67. The van der Waals surface area contributed by atoms with Crippen molar-refractivity contribution >= 4 is 39.8 Å². The second-order valence-corrected chi connectivity index (χ2v) is 8.80. The smallest absolute Gasteiger partial charge is 0.283 e. The molecule has 160 valence electrons. The number of carbonyl (C=O) groups is 1. The highest BCUT2D eigenvalue weighted by Gasteiger charge is 2.35. The van der Waals surface area contributed by atoms with Crippen molar-refractivity contribution in [3.63, 3.8) is 0 Å². The Hall–Kier alpha value is -2.93. The fourth-order valence-electron chi connectivity index (χ4n) is 3.95. The lowest BCUT2D eigenvalue weighted by atomic mass is 10.1. The Balaban J connectivity index is 1.71. The second kappa shape index (κ2) is 8.67. The van der Waals surface area contributed by atoms with Crippen molar-refractivity contribution < 1.29 is 4.79 Å². The van der Waals surface area contributed by atoms with E-state index in [0.717, 1.165) is 53.4 Å². The molecule has 0 aliphatic carbocycles. The molecule has 4 rings (SSSR count). The summed E-state index contributed by atoms with van der Waals surface area (Å²) in [7, 11) is 0. The van der Waals surface area contributed by atoms with Crippen LogP contribution in [-0.4, -0.2) is 31.5 Å². The number of hydrogen-bond donors (Lipinski definition) is 1. The van der Waals surface area contributed by atoms with Gasteiger partial charge in [-0.05, 0) is 74.2 Å². The van der Waals surface area contributed by atoms with Gasteiger partial charge in [0.1, 0.15) is 5.04 Å². The molecule has 2 aliphatic rings. The van der Waals surface area contributed by atoms with E-state index in [2.05, 4.69) is 59.7 Å². The lowest BCUT2D eigenvalue weighted by Crippen LogP contribution is -2.35. The van der Waals surface area contributed by atoms with Gasteiger partial charge in [-0.1, -0.05) is 38.5 Å². The molecule has 0 saturated heterocycles. The Morgan fingerprint density at radius 2 is 1.97 bits per heavy atom. The van der Waals surface area contributed by atoms with Crippen molar-refractivity contribution in [2.24, 2.45) is 10.1 Å². The quantitative estimate of drug-likeness (QED) is 0.614. The summed E-state index contributed by atoms with van der Waals surface area (Å²) in [4.78, 5) is 17.0. The van der Waals surface area contributed by atoms with Crippen molar-refractivity contribution in [3.8, 4) is 5.69 Å². The summed E-state index contributed by atoms with van der Waals surface area (Å²) in [5.74, 6) is -0.290. The Labute approximate surface area is 187 Å². The molecule has 6 nitrogen and oxygen atoms in total. The van der Waals surface area contributed by atoms with Crippen LogP contribution in [0.25, 0.3) is 11.8 Å². The summed E-state index contributed by atoms with van der Waals surface area (Å²) in [6, 6.07) is 10.4. The van der Waals surface area contributed by atoms with Gasteiger partial charge in [0.05, 0.1) is 5.57 Å². The van der Waals surface area contributed by atoms with Crippen LogP contribution in [0.4, 0.5) is 0 Å². The molecule has 0 spiro atoms. The third-order valence-electron chi connectivity index (χ3n) is 5.62. The zero-order valence-corrected chi connectivity index (χ0v) is 19.2. The number of benzene rings is 1. The number of aromatic nitrogens is 1. The lowest BCUT2D eigenvalue weighted by Gasteiger charge is -2.20. The van der Waals surface area contributed by atoms with Crippen LogP contribution in [-0.2, 0) is 11.2 Å². The van der Waals surface area contributed by atoms with Crippen molar-refractivity contribution in [3.05, 3.63) is 58.4 Å². The van der Waals surface area contributed by atoms with Gasteiger partial charge in [-0.25, -0.2) is 0 Å². The fraction of sp³-hybridized carbons (Fsp3) is 0.333. The molecule has 1 aromatic carbocycles. The third kappa shape index (κ3) is 3.90. The number of hydrazone groups is 1. The molecule has 1 amide bonds. The lowest BCUT2D eigenvalue weighted by molar-refractivity contribution is -0.114. The van der Waals surface area contributed by atoms with Crippen molar-refractivity contribution in [1.82, 2.24) is 9.58 Å². The fourth-order valence-corrected chi connectivity index (χ4v) is 4.88. The highest BCUT2D eigenvalue weighted by molar-refractivity contribution is 8.26. The van der Waals surface area contributed by atoms with Gasteiger partial charge in [-0.15, -0.1) is 0 Å². The van der Waals surface area contributed by atoms with Crippen molar-refractivity contribution in [2.75, 3.05) is 0 Å². The Kier molecular flexibility index (Phi) is 5.96. The summed E-state index contributed by atoms with van der Waals surface area (Å²) >= 11 is 1.39. The van der Waals surface area contributed by atoms with Gasteiger partial charge >= 0.3 is 0 Å². The average molecular weight is 434 g/mol. The summed E-state index contributed by atoms with van der Waals surface area (Å²) < 4.78 is 2.21. The summed E-state index contributed by atoms with van der Waals surface area (Å²) in [5.41, 5.74) is 5.72. The highest BCUT2D eigenvalue weighted by Crippen LogP contribution is 2.31. The van der Waals surface area contributed by atoms with Crippen LogP contribution in [0.3, 0.4) is 0 Å². The van der Waals surface area contributed by atoms with Gasteiger partial charge in [-0.2, -0.15) is 15.1 Å². The van der Waals surface area contributed by atoms with E-state index in [0.29, 0.717) is 5.17 Å². The molecule has 0 unspecified atom stereocenters. The molecular formula is C24H27N5OS.